The predicted molar refractivity (Wildman–Crippen MR) is 142 cm³/mol. The van der Waals surface area contributed by atoms with Gasteiger partial charge < -0.3 is 0 Å². The van der Waals surface area contributed by atoms with E-state index in [1.807, 2.05) is 22.7 Å². The molecule has 0 unspecified atom stereocenters. The first-order valence-electron chi connectivity index (χ1n) is 11.7. The molecule has 3 aromatic carbocycles. The Morgan fingerprint density at radius 3 is 1.94 bits per heavy atom. The molecule has 0 bridgehead atoms. The molecule has 0 fully saturated rings. The molecule has 156 valence electrons. The zero-order valence-corrected chi connectivity index (χ0v) is 20.1. The minimum Gasteiger partial charge on any atom is -0.140 e. The Morgan fingerprint density at radius 1 is 0.625 bits per heavy atom. The summed E-state index contributed by atoms with van der Waals surface area (Å²) in [5, 5.41) is 2.97. The van der Waals surface area contributed by atoms with E-state index in [-0.39, 0.29) is 0 Å². The van der Waals surface area contributed by atoms with Gasteiger partial charge in [-0.1, -0.05) is 73.9 Å². The number of benzene rings is 3. The lowest BCUT2D eigenvalue weighted by Crippen LogP contribution is -1.82. The third-order valence-electron chi connectivity index (χ3n) is 7.11. The molecule has 5 aromatic rings. The Hall–Kier alpha value is -2.68. The second-order valence-electron chi connectivity index (χ2n) is 9.20. The van der Waals surface area contributed by atoms with Crippen molar-refractivity contribution in [3.63, 3.8) is 0 Å². The topological polar surface area (TPSA) is 0 Å². The van der Waals surface area contributed by atoms with Gasteiger partial charge in [0.05, 0.1) is 0 Å². The summed E-state index contributed by atoms with van der Waals surface area (Å²) in [6.07, 6.45) is 5.14. The van der Waals surface area contributed by atoms with E-state index in [2.05, 4.69) is 74.5 Å². The zero-order chi connectivity index (χ0) is 21.4. The fourth-order valence-electron chi connectivity index (χ4n) is 5.49. The molecule has 0 aliphatic heterocycles. The Morgan fingerprint density at radius 2 is 1.25 bits per heavy atom. The van der Waals surface area contributed by atoms with Crippen LogP contribution >= 0.6 is 22.7 Å². The molecule has 0 saturated heterocycles. The number of thiophene rings is 2. The molecule has 2 aliphatic carbocycles. The summed E-state index contributed by atoms with van der Waals surface area (Å²) in [7, 11) is 0. The van der Waals surface area contributed by atoms with Gasteiger partial charge in [-0.3, -0.25) is 0 Å². The van der Waals surface area contributed by atoms with E-state index in [1.54, 1.807) is 4.88 Å². The minimum atomic E-state index is 1.22. The summed E-state index contributed by atoms with van der Waals surface area (Å²) in [4.78, 5) is 5.85. The summed E-state index contributed by atoms with van der Waals surface area (Å²) < 4.78 is 0. The lowest BCUT2D eigenvalue weighted by Gasteiger charge is -2.07. The molecular formula is C30H24S2. The van der Waals surface area contributed by atoms with Gasteiger partial charge in [0.1, 0.15) is 0 Å². The maximum absolute atomic E-state index is 2.48. The van der Waals surface area contributed by atoms with Crippen molar-refractivity contribution in [2.24, 2.45) is 0 Å². The third-order valence-corrected chi connectivity index (χ3v) is 9.55. The number of aryl methyl sites for hydroxylation is 2. The summed E-state index contributed by atoms with van der Waals surface area (Å²) in [6.45, 7) is 4.43. The van der Waals surface area contributed by atoms with Crippen molar-refractivity contribution in [1.82, 2.24) is 0 Å². The SMILES string of the molecule is CCCCCc1cc2c(s1)-c1ccc3c4c(ccc-2c14)-c1cc(-c2ccc(C)cc2)sc1-3. The van der Waals surface area contributed by atoms with Crippen LogP contribution in [0, 0.1) is 6.92 Å². The monoisotopic (exact) mass is 448 g/mol. The fourth-order valence-corrected chi connectivity index (χ4v) is 7.94. The van der Waals surface area contributed by atoms with E-state index in [0.29, 0.717) is 0 Å². The average Bonchev–Trinajstić information content (AvgIpc) is 3.54. The Bertz CT molecular complexity index is 1440. The van der Waals surface area contributed by atoms with Gasteiger partial charge in [0.25, 0.3) is 0 Å². The van der Waals surface area contributed by atoms with Gasteiger partial charge >= 0.3 is 0 Å². The summed E-state index contributed by atoms with van der Waals surface area (Å²) in [6, 6.07) is 23.4. The first kappa shape index (κ1) is 18.8. The van der Waals surface area contributed by atoms with Gasteiger partial charge in [-0.05, 0) is 59.4 Å². The largest absolute Gasteiger partial charge is 0.140 e. The summed E-state index contributed by atoms with van der Waals surface area (Å²) in [5.41, 5.74) is 11.3. The van der Waals surface area contributed by atoms with E-state index in [9.17, 15) is 0 Å². The van der Waals surface area contributed by atoms with Crippen LogP contribution in [0.15, 0.2) is 60.7 Å². The van der Waals surface area contributed by atoms with Crippen LogP contribution < -0.4 is 0 Å². The van der Waals surface area contributed by atoms with Gasteiger partial charge in [-0.15, -0.1) is 22.7 Å². The van der Waals surface area contributed by atoms with E-state index in [0.717, 1.165) is 0 Å². The molecular weight excluding hydrogens is 424 g/mol. The van der Waals surface area contributed by atoms with Crippen molar-refractivity contribution < 1.29 is 0 Å². The molecule has 0 amide bonds. The van der Waals surface area contributed by atoms with Gasteiger partial charge in [-0.2, -0.15) is 0 Å². The fraction of sp³-hybridized carbons (Fsp3) is 0.200. The van der Waals surface area contributed by atoms with Crippen LogP contribution in [0.3, 0.4) is 0 Å². The number of rotatable bonds is 5. The van der Waals surface area contributed by atoms with Crippen molar-refractivity contribution in [2.45, 2.75) is 39.5 Å². The van der Waals surface area contributed by atoms with E-state index in [1.165, 1.54) is 95.6 Å². The van der Waals surface area contributed by atoms with Crippen molar-refractivity contribution in [3.8, 4) is 53.6 Å². The molecule has 2 heterocycles. The molecule has 0 saturated carbocycles. The molecule has 0 N–H and O–H groups in total. The number of fused-ring (bicyclic) bond motifs is 6. The summed E-state index contributed by atoms with van der Waals surface area (Å²) in [5.74, 6) is 0. The first-order chi connectivity index (χ1) is 15.7. The lowest BCUT2D eigenvalue weighted by atomic mass is 9.97. The minimum absolute atomic E-state index is 1.22. The molecule has 0 radical (unpaired) electrons. The van der Waals surface area contributed by atoms with E-state index in [4.69, 9.17) is 0 Å². The standard InChI is InChI=1S/C30H24S2/c1-3-4-5-6-19-15-24-20-11-12-21-25-16-26(18-9-7-17(2)8-10-18)32-30(25)23-14-13-22(29(24)31-19)27(20)28(21)23/h7-16H,3-6H2,1-2H3. The lowest BCUT2D eigenvalue weighted by molar-refractivity contribution is 0.723. The Labute approximate surface area is 197 Å². The molecule has 32 heavy (non-hydrogen) atoms. The highest BCUT2D eigenvalue weighted by molar-refractivity contribution is 7.19. The molecule has 7 rings (SSSR count). The molecule has 2 aliphatic rings. The predicted octanol–water partition coefficient (Wildman–Crippen LogP) is 9.97. The molecule has 0 nitrogen and oxygen atoms in total. The highest BCUT2D eigenvalue weighted by Gasteiger charge is 2.31. The Balaban J connectivity index is 1.35. The second kappa shape index (κ2) is 6.91. The van der Waals surface area contributed by atoms with Crippen LogP contribution in [-0.2, 0) is 6.42 Å². The van der Waals surface area contributed by atoms with Crippen LogP contribution in [0.4, 0.5) is 0 Å². The zero-order valence-electron chi connectivity index (χ0n) is 18.4. The smallest absolute Gasteiger partial charge is 0.0434 e. The highest BCUT2D eigenvalue weighted by atomic mass is 32.1. The van der Waals surface area contributed by atoms with Gasteiger partial charge in [0, 0.05) is 41.8 Å². The van der Waals surface area contributed by atoms with E-state index >= 15 is 0 Å². The van der Waals surface area contributed by atoms with Gasteiger partial charge in [0.15, 0.2) is 0 Å². The van der Waals surface area contributed by atoms with Crippen molar-refractivity contribution >= 4 is 33.4 Å². The van der Waals surface area contributed by atoms with Crippen LogP contribution in [0.25, 0.3) is 64.3 Å². The first-order valence-corrected chi connectivity index (χ1v) is 13.3. The quantitative estimate of drug-likeness (QED) is 0.230. The van der Waals surface area contributed by atoms with Crippen LogP contribution in [0.1, 0.15) is 36.6 Å². The molecule has 2 aromatic heterocycles. The van der Waals surface area contributed by atoms with Crippen LogP contribution in [0.2, 0.25) is 0 Å². The van der Waals surface area contributed by atoms with Gasteiger partial charge in [-0.25, -0.2) is 0 Å². The number of hydrogen-bond acceptors (Lipinski definition) is 2. The molecule has 0 spiro atoms. The van der Waals surface area contributed by atoms with Crippen molar-refractivity contribution in [2.75, 3.05) is 0 Å². The molecule has 2 heteroatoms. The maximum Gasteiger partial charge on any atom is 0.0434 e. The van der Waals surface area contributed by atoms with E-state index < -0.39 is 0 Å². The van der Waals surface area contributed by atoms with Crippen molar-refractivity contribution in [3.05, 3.63) is 71.1 Å². The van der Waals surface area contributed by atoms with Crippen LogP contribution in [-0.4, -0.2) is 0 Å². The highest BCUT2D eigenvalue weighted by Crippen LogP contribution is 2.59. The second-order valence-corrected chi connectivity index (χ2v) is 11.4. The van der Waals surface area contributed by atoms with Gasteiger partial charge in [0.2, 0.25) is 0 Å². The third kappa shape index (κ3) is 2.54. The average molecular weight is 449 g/mol. The molecule has 0 atom stereocenters. The summed E-state index contributed by atoms with van der Waals surface area (Å²) >= 11 is 3.97. The van der Waals surface area contributed by atoms with Crippen LogP contribution in [0.5, 0.6) is 0 Å². The number of hydrogen-bond donors (Lipinski definition) is 0. The normalized spacial score (nSPS) is 12.6. The number of unbranched alkanes of at least 4 members (excludes halogenated alkanes) is 2. The van der Waals surface area contributed by atoms with Crippen molar-refractivity contribution in [1.29, 1.82) is 0 Å². The Kier molecular flexibility index (Phi) is 4.07. The maximum atomic E-state index is 2.48.